The highest BCUT2D eigenvalue weighted by molar-refractivity contribution is 5.99. The van der Waals surface area contributed by atoms with E-state index in [9.17, 15) is 14.4 Å². The Morgan fingerprint density at radius 3 is 2.70 bits per heavy atom. The molecule has 1 N–H and O–H groups in total. The number of aromatic nitrogens is 2. The number of hydrogen-bond acceptors (Lipinski definition) is 5. The molecule has 8 heteroatoms. The number of fused-ring (bicyclic) bond motifs is 1. The van der Waals surface area contributed by atoms with Crippen LogP contribution >= 0.6 is 0 Å². The summed E-state index contributed by atoms with van der Waals surface area (Å²) in [6.45, 7) is 4.54. The zero-order valence-electron chi connectivity index (χ0n) is 17.2. The number of benzene rings is 1. The number of rotatable bonds is 6. The highest BCUT2D eigenvalue weighted by Gasteiger charge is 2.48. The van der Waals surface area contributed by atoms with E-state index in [1.165, 1.54) is 0 Å². The molecule has 30 heavy (non-hydrogen) atoms. The summed E-state index contributed by atoms with van der Waals surface area (Å²) in [7, 11) is 0. The molecular weight excluding hydrogens is 384 g/mol. The van der Waals surface area contributed by atoms with Crippen molar-refractivity contribution in [1.82, 2.24) is 19.8 Å². The first kappa shape index (κ1) is 20.3. The minimum atomic E-state index is -0.682. The molecule has 0 spiro atoms. The summed E-state index contributed by atoms with van der Waals surface area (Å²) in [6, 6.07) is 5.91. The van der Waals surface area contributed by atoms with Gasteiger partial charge in [-0.05, 0) is 43.0 Å². The molecule has 0 bridgehead atoms. The number of ketones is 1. The van der Waals surface area contributed by atoms with Gasteiger partial charge in [0.2, 0.25) is 5.91 Å². The van der Waals surface area contributed by atoms with Crippen molar-refractivity contribution in [2.75, 3.05) is 13.2 Å². The number of Topliss-reactive ketones (excluding diaryl/α,β-unsaturated/α-hetero) is 1. The van der Waals surface area contributed by atoms with Gasteiger partial charge in [-0.3, -0.25) is 14.4 Å². The van der Waals surface area contributed by atoms with E-state index in [0.717, 1.165) is 5.69 Å². The third-order valence-corrected chi connectivity index (χ3v) is 5.64. The van der Waals surface area contributed by atoms with Crippen molar-refractivity contribution >= 4 is 17.6 Å². The van der Waals surface area contributed by atoms with E-state index in [0.29, 0.717) is 24.9 Å². The summed E-state index contributed by atoms with van der Waals surface area (Å²) >= 11 is 0. The first-order chi connectivity index (χ1) is 14.4. The molecule has 0 saturated carbocycles. The largest absolute Gasteiger partial charge is 0.368 e. The minimum absolute atomic E-state index is 0.0591. The Kier molecular flexibility index (Phi) is 5.67. The highest BCUT2D eigenvalue weighted by atomic mass is 16.5. The summed E-state index contributed by atoms with van der Waals surface area (Å²) in [4.78, 5) is 43.9. The maximum Gasteiger partial charge on any atom is 0.251 e. The number of imidazole rings is 1. The molecule has 2 saturated heterocycles. The molecule has 2 aliphatic heterocycles. The van der Waals surface area contributed by atoms with Gasteiger partial charge in [0.15, 0.2) is 5.78 Å². The average Bonchev–Trinajstić information content (AvgIpc) is 3.46. The van der Waals surface area contributed by atoms with Crippen LogP contribution in [0.25, 0.3) is 5.69 Å². The van der Waals surface area contributed by atoms with Crippen LogP contribution in [-0.2, 0) is 14.3 Å². The summed E-state index contributed by atoms with van der Waals surface area (Å²) in [5.74, 6) is -0.373. The van der Waals surface area contributed by atoms with Crippen LogP contribution in [0.15, 0.2) is 43.0 Å². The Labute approximate surface area is 175 Å². The average molecular weight is 410 g/mol. The number of carbonyl (C=O) groups excluding carboxylic acids is 3. The monoisotopic (exact) mass is 410 g/mol. The third-order valence-electron chi connectivity index (χ3n) is 5.64. The molecule has 2 fully saturated rings. The molecular formula is C22H26N4O4. The second-order valence-electron chi connectivity index (χ2n) is 8.25. The second-order valence-corrected chi connectivity index (χ2v) is 8.25. The smallest absolute Gasteiger partial charge is 0.251 e. The van der Waals surface area contributed by atoms with Crippen molar-refractivity contribution in [2.24, 2.45) is 5.92 Å². The van der Waals surface area contributed by atoms with Crippen molar-refractivity contribution < 1.29 is 19.1 Å². The Balaban J connectivity index is 1.48. The molecule has 0 aliphatic carbocycles. The second kappa shape index (κ2) is 8.39. The molecule has 1 aromatic heterocycles. The van der Waals surface area contributed by atoms with Crippen molar-refractivity contribution in [1.29, 1.82) is 0 Å². The third kappa shape index (κ3) is 4.00. The van der Waals surface area contributed by atoms with Gasteiger partial charge in [-0.15, -0.1) is 0 Å². The van der Waals surface area contributed by atoms with Crippen LogP contribution in [0.1, 0.15) is 37.0 Å². The van der Waals surface area contributed by atoms with Crippen LogP contribution in [-0.4, -0.2) is 63.4 Å². The lowest BCUT2D eigenvalue weighted by Gasteiger charge is -2.28. The molecule has 0 radical (unpaired) electrons. The van der Waals surface area contributed by atoms with Crippen LogP contribution in [0.3, 0.4) is 0 Å². The van der Waals surface area contributed by atoms with Gasteiger partial charge in [0.25, 0.3) is 5.91 Å². The number of nitrogens with one attached hydrogen (secondary N) is 1. The Morgan fingerprint density at radius 1 is 1.27 bits per heavy atom. The van der Waals surface area contributed by atoms with Gasteiger partial charge in [0.1, 0.15) is 18.7 Å². The van der Waals surface area contributed by atoms with E-state index in [1.54, 1.807) is 29.6 Å². The van der Waals surface area contributed by atoms with E-state index < -0.39 is 12.1 Å². The van der Waals surface area contributed by atoms with Gasteiger partial charge in [0.05, 0.1) is 12.4 Å². The summed E-state index contributed by atoms with van der Waals surface area (Å²) in [6.07, 6.45) is 6.13. The standard InChI is InChI=1S/C22H26N4O4/c1-14(2)11-17(22(29)26-9-7-19-20(26)18(27)12-30-19)24-21(28)15-3-5-16(6-4-15)25-10-8-23-13-25/h3-6,8,10,13-14,17,19-20H,7,9,11-12H2,1-2H3,(H,24,28)/t17-,19+,20+/m0/s1. The van der Waals surface area contributed by atoms with E-state index >= 15 is 0 Å². The zero-order valence-corrected chi connectivity index (χ0v) is 17.2. The summed E-state index contributed by atoms with van der Waals surface area (Å²) < 4.78 is 7.33. The lowest BCUT2D eigenvalue weighted by molar-refractivity contribution is -0.138. The maximum absolute atomic E-state index is 13.2. The number of amides is 2. The number of nitrogens with zero attached hydrogens (tertiary/aromatic N) is 3. The number of ether oxygens (including phenoxy) is 1. The van der Waals surface area contributed by atoms with Gasteiger partial charge in [-0.25, -0.2) is 4.98 Å². The van der Waals surface area contributed by atoms with Crippen LogP contribution in [0.2, 0.25) is 0 Å². The predicted molar refractivity (Wildman–Crippen MR) is 109 cm³/mol. The van der Waals surface area contributed by atoms with E-state index in [-0.39, 0.29) is 36.2 Å². The fraction of sp³-hybridized carbons (Fsp3) is 0.455. The van der Waals surface area contributed by atoms with Crippen molar-refractivity contribution in [3.8, 4) is 5.69 Å². The quantitative estimate of drug-likeness (QED) is 0.781. The minimum Gasteiger partial charge on any atom is -0.368 e. The van der Waals surface area contributed by atoms with Crippen molar-refractivity contribution in [3.05, 3.63) is 48.5 Å². The molecule has 158 valence electrons. The van der Waals surface area contributed by atoms with E-state index in [1.807, 2.05) is 36.7 Å². The van der Waals surface area contributed by atoms with Crippen LogP contribution in [0.4, 0.5) is 0 Å². The predicted octanol–water partition coefficient (Wildman–Crippen LogP) is 1.59. The van der Waals surface area contributed by atoms with Crippen LogP contribution in [0.5, 0.6) is 0 Å². The van der Waals surface area contributed by atoms with Crippen molar-refractivity contribution in [3.63, 3.8) is 0 Å². The molecule has 2 aliphatic rings. The number of carbonyl (C=O) groups is 3. The van der Waals surface area contributed by atoms with E-state index in [4.69, 9.17) is 4.74 Å². The molecule has 0 unspecified atom stereocenters. The normalized spacial score (nSPS) is 21.7. The number of likely N-dealkylation sites (tertiary alicyclic amines) is 1. The van der Waals surface area contributed by atoms with Gasteiger partial charge in [0, 0.05) is 30.2 Å². The maximum atomic E-state index is 13.2. The van der Waals surface area contributed by atoms with Gasteiger partial charge in [-0.1, -0.05) is 13.8 Å². The molecule has 8 nitrogen and oxygen atoms in total. The lowest BCUT2D eigenvalue weighted by atomic mass is 10.0. The molecule has 3 heterocycles. The Bertz CT molecular complexity index is 923. The van der Waals surface area contributed by atoms with Gasteiger partial charge >= 0.3 is 0 Å². The topological polar surface area (TPSA) is 93.5 Å². The van der Waals surface area contributed by atoms with Crippen LogP contribution in [0, 0.1) is 5.92 Å². The number of hydrogen-bond donors (Lipinski definition) is 1. The molecule has 3 atom stereocenters. The summed E-state index contributed by atoms with van der Waals surface area (Å²) in [5, 5.41) is 2.89. The molecule has 4 rings (SSSR count). The zero-order chi connectivity index (χ0) is 21.3. The molecule has 2 amide bonds. The summed E-state index contributed by atoms with van der Waals surface area (Å²) in [5.41, 5.74) is 1.36. The molecule has 1 aromatic carbocycles. The fourth-order valence-corrected chi connectivity index (χ4v) is 4.17. The fourth-order valence-electron chi connectivity index (χ4n) is 4.17. The first-order valence-corrected chi connectivity index (χ1v) is 10.3. The van der Waals surface area contributed by atoms with E-state index in [2.05, 4.69) is 10.3 Å². The first-order valence-electron chi connectivity index (χ1n) is 10.3. The Hall–Kier alpha value is -3.00. The lowest BCUT2D eigenvalue weighted by Crippen LogP contribution is -2.52. The SMILES string of the molecule is CC(C)C[C@H](NC(=O)c1ccc(-n2ccnc2)cc1)C(=O)N1CC[C@H]2OCC(=O)[C@H]21. The Morgan fingerprint density at radius 2 is 2.03 bits per heavy atom. The van der Waals surface area contributed by atoms with Crippen LogP contribution < -0.4 is 5.32 Å². The van der Waals surface area contributed by atoms with Gasteiger partial charge < -0.3 is 19.5 Å². The molecule has 2 aromatic rings. The highest BCUT2D eigenvalue weighted by Crippen LogP contribution is 2.28. The van der Waals surface area contributed by atoms with Gasteiger partial charge in [-0.2, -0.15) is 0 Å². The van der Waals surface area contributed by atoms with Crippen molar-refractivity contribution in [2.45, 2.75) is 44.9 Å².